The first-order chi connectivity index (χ1) is 13.6. The van der Waals surface area contributed by atoms with Crippen molar-refractivity contribution in [2.45, 2.75) is 37.3 Å². The minimum Gasteiger partial charge on any atom is -0.355 e. The number of benzene rings is 1. The molecule has 0 saturated carbocycles. The van der Waals surface area contributed by atoms with Crippen LogP contribution in [0.4, 0.5) is 19.0 Å². The SMILES string of the molecule is CC(C)c1ccc(S(=O)(=O)N2CCCN(c3ccc(C(F)(F)F)cn3)CC2)cc1. The number of alkyl halides is 3. The quantitative estimate of drug-likeness (QED) is 0.737. The monoisotopic (exact) mass is 427 g/mol. The fourth-order valence-corrected chi connectivity index (χ4v) is 4.75. The standard InChI is InChI=1S/C20H24F3N3O2S/c1-15(2)16-4-7-18(8-5-16)29(27,28)26-11-3-10-25(12-13-26)19-9-6-17(14-24-19)20(21,22)23/h4-9,14-15H,3,10-13H2,1-2H3. The maximum Gasteiger partial charge on any atom is 0.417 e. The van der Waals surface area contributed by atoms with Crippen LogP contribution >= 0.6 is 0 Å². The zero-order valence-electron chi connectivity index (χ0n) is 16.4. The summed E-state index contributed by atoms with van der Waals surface area (Å²) in [5, 5.41) is 0. The second-order valence-electron chi connectivity index (χ2n) is 7.37. The Morgan fingerprint density at radius 1 is 0.966 bits per heavy atom. The van der Waals surface area contributed by atoms with Gasteiger partial charge in [-0.05, 0) is 42.2 Å². The molecule has 9 heteroatoms. The second-order valence-corrected chi connectivity index (χ2v) is 9.31. The van der Waals surface area contributed by atoms with Crippen molar-refractivity contribution < 1.29 is 21.6 Å². The molecule has 2 heterocycles. The van der Waals surface area contributed by atoms with E-state index >= 15 is 0 Å². The topological polar surface area (TPSA) is 53.5 Å². The molecule has 0 spiro atoms. The van der Waals surface area contributed by atoms with Crippen molar-refractivity contribution in [3.8, 4) is 0 Å². The number of halogens is 3. The van der Waals surface area contributed by atoms with E-state index in [1.165, 1.54) is 10.4 Å². The first-order valence-electron chi connectivity index (χ1n) is 9.47. The van der Waals surface area contributed by atoms with Gasteiger partial charge in [-0.1, -0.05) is 26.0 Å². The lowest BCUT2D eigenvalue weighted by atomic mass is 10.0. The van der Waals surface area contributed by atoms with Crippen LogP contribution < -0.4 is 4.90 Å². The molecule has 1 fully saturated rings. The Balaban J connectivity index is 1.72. The third-order valence-electron chi connectivity index (χ3n) is 5.04. The Hall–Kier alpha value is -2.13. The van der Waals surface area contributed by atoms with E-state index in [4.69, 9.17) is 0 Å². The number of pyridine rings is 1. The highest BCUT2D eigenvalue weighted by Gasteiger charge is 2.31. The molecule has 1 aliphatic heterocycles. The molecule has 0 atom stereocenters. The number of aromatic nitrogens is 1. The number of rotatable bonds is 4. The molecular formula is C20H24F3N3O2S. The van der Waals surface area contributed by atoms with Gasteiger partial charge in [0, 0.05) is 32.4 Å². The number of anilines is 1. The van der Waals surface area contributed by atoms with Gasteiger partial charge in [-0.25, -0.2) is 13.4 Å². The van der Waals surface area contributed by atoms with E-state index in [1.807, 2.05) is 30.9 Å². The van der Waals surface area contributed by atoms with Crippen molar-refractivity contribution in [3.63, 3.8) is 0 Å². The summed E-state index contributed by atoms with van der Waals surface area (Å²) in [6, 6.07) is 9.24. The average Bonchev–Trinajstić information content (AvgIpc) is 2.94. The zero-order chi connectivity index (χ0) is 21.2. The Labute approximate surface area is 169 Å². The summed E-state index contributed by atoms with van der Waals surface area (Å²) in [5.41, 5.74) is 0.268. The molecule has 0 amide bonds. The fourth-order valence-electron chi connectivity index (χ4n) is 3.28. The van der Waals surface area contributed by atoms with Crippen LogP contribution in [0.25, 0.3) is 0 Å². The summed E-state index contributed by atoms with van der Waals surface area (Å²) in [6.07, 6.45) is -3.06. The third-order valence-corrected chi connectivity index (χ3v) is 6.95. The van der Waals surface area contributed by atoms with Crippen molar-refractivity contribution in [1.82, 2.24) is 9.29 Å². The fraction of sp³-hybridized carbons (Fsp3) is 0.450. The van der Waals surface area contributed by atoms with Crippen LogP contribution in [-0.4, -0.2) is 43.9 Å². The molecule has 1 saturated heterocycles. The van der Waals surface area contributed by atoms with Crippen LogP contribution in [0.3, 0.4) is 0 Å². The zero-order valence-corrected chi connectivity index (χ0v) is 17.2. The largest absolute Gasteiger partial charge is 0.417 e. The molecule has 0 radical (unpaired) electrons. The van der Waals surface area contributed by atoms with E-state index in [1.54, 1.807) is 12.1 Å². The summed E-state index contributed by atoms with van der Waals surface area (Å²) in [5.74, 6) is 0.730. The molecule has 1 aromatic heterocycles. The smallest absolute Gasteiger partial charge is 0.355 e. The number of sulfonamides is 1. The average molecular weight is 427 g/mol. The van der Waals surface area contributed by atoms with Gasteiger partial charge in [0.15, 0.2) is 0 Å². The molecule has 1 aliphatic rings. The molecule has 158 valence electrons. The minimum absolute atomic E-state index is 0.247. The second kappa shape index (κ2) is 8.31. The highest BCUT2D eigenvalue weighted by molar-refractivity contribution is 7.89. The summed E-state index contributed by atoms with van der Waals surface area (Å²) in [6.45, 7) is 5.57. The predicted molar refractivity (Wildman–Crippen MR) is 105 cm³/mol. The third kappa shape index (κ3) is 4.90. The molecular weight excluding hydrogens is 403 g/mol. The van der Waals surface area contributed by atoms with Crippen molar-refractivity contribution in [2.24, 2.45) is 0 Å². The summed E-state index contributed by atoms with van der Waals surface area (Å²) >= 11 is 0. The Morgan fingerprint density at radius 3 is 2.21 bits per heavy atom. The van der Waals surface area contributed by atoms with Gasteiger partial charge in [0.25, 0.3) is 0 Å². The molecule has 29 heavy (non-hydrogen) atoms. The van der Waals surface area contributed by atoms with E-state index in [0.29, 0.717) is 37.8 Å². The maximum absolute atomic E-state index is 13.0. The summed E-state index contributed by atoms with van der Waals surface area (Å²) < 4.78 is 65.5. The van der Waals surface area contributed by atoms with Crippen LogP contribution in [0, 0.1) is 0 Å². The lowest BCUT2D eigenvalue weighted by Gasteiger charge is -2.23. The van der Waals surface area contributed by atoms with E-state index in [0.717, 1.165) is 17.8 Å². The van der Waals surface area contributed by atoms with Gasteiger partial charge in [-0.15, -0.1) is 0 Å². The van der Waals surface area contributed by atoms with Crippen LogP contribution in [0.2, 0.25) is 0 Å². The van der Waals surface area contributed by atoms with E-state index in [-0.39, 0.29) is 11.4 Å². The van der Waals surface area contributed by atoms with E-state index in [2.05, 4.69) is 4.98 Å². The highest BCUT2D eigenvalue weighted by Crippen LogP contribution is 2.29. The lowest BCUT2D eigenvalue weighted by molar-refractivity contribution is -0.137. The number of hydrogen-bond acceptors (Lipinski definition) is 4. The van der Waals surface area contributed by atoms with Crippen molar-refractivity contribution in [1.29, 1.82) is 0 Å². The van der Waals surface area contributed by atoms with Gasteiger partial charge in [-0.2, -0.15) is 17.5 Å². The van der Waals surface area contributed by atoms with E-state index in [9.17, 15) is 21.6 Å². The van der Waals surface area contributed by atoms with Gasteiger partial charge < -0.3 is 4.90 Å². The Morgan fingerprint density at radius 2 is 1.66 bits per heavy atom. The summed E-state index contributed by atoms with van der Waals surface area (Å²) in [4.78, 5) is 5.99. The van der Waals surface area contributed by atoms with Crippen LogP contribution in [-0.2, 0) is 16.2 Å². The number of hydrogen-bond donors (Lipinski definition) is 0. The minimum atomic E-state index is -4.43. The van der Waals surface area contributed by atoms with Crippen molar-refractivity contribution in [3.05, 3.63) is 53.7 Å². The van der Waals surface area contributed by atoms with Crippen LogP contribution in [0.1, 0.15) is 37.3 Å². The molecule has 2 aromatic rings. The first kappa shape index (κ1) is 21.6. The molecule has 5 nitrogen and oxygen atoms in total. The lowest BCUT2D eigenvalue weighted by Crippen LogP contribution is -2.35. The molecule has 3 rings (SSSR count). The maximum atomic E-state index is 13.0. The summed E-state index contributed by atoms with van der Waals surface area (Å²) in [7, 11) is -3.62. The molecule has 0 bridgehead atoms. The Kier molecular flexibility index (Phi) is 6.19. The van der Waals surface area contributed by atoms with Gasteiger partial charge in [0.05, 0.1) is 10.5 Å². The van der Waals surface area contributed by atoms with E-state index < -0.39 is 21.8 Å². The Bertz CT molecular complexity index is 927. The molecule has 0 N–H and O–H groups in total. The van der Waals surface area contributed by atoms with Gasteiger partial charge in [0.1, 0.15) is 5.82 Å². The first-order valence-corrected chi connectivity index (χ1v) is 10.9. The predicted octanol–water partition coefficient (Wildman–Crippen LogP) is 4.12. The van der Waals surface area contributed by atoms with Gasteiger partial charge >= 0.3 is 6.18 Å². The highest BCUT2D eigenvalue weighted by atomic mass is 32.2. The van der Waals surface area contributed by atoms with Crippen LogP contribution in [0.5, 0.6) is 0 Å². The molecule has 0 aliphatic carbocycles. The van der Waals surface area contributed by atoms with Crippen LogP contribution in [0.15, 0.2) is 47.5 Å². The normalized spacial score (nSPS) is 16.8. The molecule has 1 aromatic carbocycles. The molecule has 0 unspecified atom stereocenters. The van der Waals surface area contributed by atoms with Crippen molar-refractivity contribution in [2.75, 3.05) is 31.1 Å². The van der Waals surface area contributed by atoms with Crippen molar-refractivity contribution >= 4 is 15.8 Å². The van der Waals surface area contributed by atoms with Gasteiger partial charge in [-0.3, -0.25) is 0 Å². The van der Waals surface area contributed by atoms with Gasteiger partial charge in [0.2, 0.25) is 10.0 Å². The number of nitrogens with zero attached hydrogens (tertiary/aromatic N) is 3.